The second-order valence-corrected chi connectivity index (χ2v) is 8.27. The normalized spacial score (nSPS) is 11.3. The molecule has 0 aliphatic heterocycles. The minimum Gasteiger partial charge on any atom is -0.376 e. The van der Waals surface area contributed by atoms with Crippen LogP contribution in [-0.4, -0.2) is 30.8 Å². The number of anilines is 2. The Morgan fingerprint density at radius 3 is 2.00 bits per heavy atom. The Hall–Kier alpha value is -4.13. The monoisotopic (exact) mass is 472 g/mol. The van der Waals surface area contributed by atoms with E-state index < -0.39 is 0 Å². The lowest BCUT2D eigenvalue weighted by atomic mass is 10.1. The van der Waals surface area contributed by atoms with Crippen LogP contribution in [0.4, 0.5) is 11.4 Å². The van der Waals surface area contributed by atoms with Gasteiger partial charge in [-0.2, -0.15) is 0 Å². The second-order valence-electron chi connectivity index (χ2n) is 8.27. The number of nitrogens with one attached hydrogen (secondary N) is 4. The van der Waals surface area contributed by atoms with Gasteiger partial charge < -0.3 is 21.3 Å². The quantitative estimate of drug-likeness (QED) is 0.303. The summed E-state index contributed by atoms with van der Waals surface area (Å²) in [5.74, 6) is -0.501. The molecule has 182 valence electrons. The topological polar surface area (TPSA) is 99.3 Å². The molecule has 0 heterocycles. The van der Waals surface area contributed by atoms with Crippen LogP contribution >= 0.6 is 0 Å². The van der Waals surface area contributed by atoms with Crippen LogP contribution in [0, 0.1) is 0 Å². The van der Waals surface area contributed by atoms with E-state index in [0.717, 1.165) is 24.1 Å². The van der Waals surface area contributed by atoms with Crippen LogP contribution in [0.5, 0.6) is 0 Å². The maximum atomic E-state index is 12.5. The average molecular weight is 473 g/mol. The van der Waals surface area contributed by atoms with Gasteiger partial charge in [0.15, 0.2) is 0 Å². The van der Waals surface area contributed by atoms with E-state index in [2.05, 4.69) is 28.2 Å². The van der Waals surface area contributed by atoms with Gasteiger partial charge in [0.05, 0.1) is 12.6 Å². The third-order valence-electron chi connectivity index (χ3n) is 5.49. The smallest absolute Gasteiger partial charge is 0.251 e. The summed E-state index contributed by atoms with van der Waals surface area (Å²) in [6.45, 7) is 4.74. The summed E-state index contributed by atoms with van der Waals surface area (Å²) in [4.78, 5) is 36.9. The molecule has 4 N–H and O–H groups in total. The van der Waals surface area contributed by atoms with Gasteiger partial charge in [0.2, 0.25) is 5.91 Å². The highest BCUT2D eigenvalue weighted by atomic mass is 16.2. The van der Waals surface area contributed by atoms with Gasteiger partial charge in [0.25, 0.3) is 11.8 Å². The fourth-order valence-corrected chi connectivity index (χ4v) is 3.42. The number of hydrogen-bond donors (Lipinski definition) is 4. The molecule has 1 atom stereocenters. The summed E-state index contributed by atoms with van der Waals surface area (Å²) in [7, 11) is 0. The minimum atomic E-state index is -0.221. The SMILES string of the molecule is CCCCNC(=O)c1ccc(NCC(=O)Nc2ccc(C(=O)NC(C)c3ccccc3)cc2)cc1. The molecule has 0 aromatic heterocycles. The standard InChI is InChI=1S/C28H32N4O3/c1-3-4-18-29-27(34)22-10-14-24(15-11-22)30-19-26(33)32-25-16-12-23(13-17-25)28(35)31-20(2)21-8-6-5-7-9-21/h5-17,20,30H,3-4,18-19H2,1-2H3,(H,29,34)(H,31,35)(H,32,33). The Morgan fingerprint density at radius 2 is 1.37 bits per heavy atom. The van der Waals surface area contributed by atoms with E-state index in [1.807, 2.05) is 37.3 Å². The van der Waals surface area contributed by atoms with E-state index in [0.29, 0.717) is 23.4 Å². The molecular formula is C28H32N4O3. The van der Waals surface area contributed by atoms with Crippen LogP contribution in [-0.2, 0) is 4.79 Å². The summed E-state index contributed by atoms with van der Waals surface area (Å²) < 4.78 is 0. The molecule has 0 fully saturated rings. The number of benzene rings is 3. The van der Waals surface area contributed by atoms with Crippen molar-refractivity contribution in [1.29, 1.82) is 0 Å². The number of hydrogen-bond acceptors (Lipinski definition) is 4. The highest BCUT2D eigenvalue weighted by molar-refractivity contribution is 5.97. The summed E-state index contributed by atoms with van der Waals surface area (Å²) in [6, 6.07) is 23.4. The maximum Gasteiger partial charge on any atom is 0.251 e. The summed E-state index contributed by atoms with van der Waals surface area (Å²) in [5.41, 5.74) is 3.47. The lowest BCUT2D eigenvalue weighted by Crippen LogP contribution is -2.26. The predicted octanol–water partition coefficient (Wildman–Crippen LogP) is 4.76. The minimum absolute atomic E-state index is 0.0683. The Bertz CT molecular complexity index is 1110. The van der Waals surface area contributed by atoms with Gasteiger partial charge >= 0.3 is 0 Å². The van der Waals surface area contributed by atoms with Crippen molar-refractivity contribution in [2.45, 2.75) is 32.7 Å². The first-order valence-electron chi connectivity index (χ1n) is 11.8. The molecule has 7 nitrogen and oxygen atoms in total. The largest absolute Gasteiger partial charge is 0.376 e. The van der Waals surface area contributed by atoms with E-state index in [1.54, 1.807) is 48.5 Å². The summed E-state index contributed by atoms with van der Waals surface area (Å²) >= 11 is 0. The van der Waals surface area contributed by atoms with Gasteiger partial charge in [0, 0.05) is 29.0 Å². The second kappa shape index (κ2) is 12.9. The van der Waals surface area contributed by atoms with E-state index in [9.17, 15) is 14.4 Å². The van der Waals surface area contributed by atoms with E-state index in [4.69, 9.17) is 0 Å². The first-order chi connectivity index (χ1) is 17.0. The van der Waals surface area contributed by atoms with Crippen LogP contribution in [0.1, 0.15) is 59.0 Å². The molecule has 35 heavy (non-hydrogen) atoms. The Labute approximate surface area is 206 Å². The highest BCUT2D eigenvalue weighted by Crippen LogP contribution is 2.15. The summed E-state index contributed by atoms with van der Waals surface area (Å²) in [6.07, 6.45) is 1.97. The molecule has 1 unspecified atom stereocenters. The van der Waals surface area contributed by atoms with E-state index in [-0.39, 0.29) is 30.3 Å². The molecule has 3 aromatic rings. The Kier molecular flexibility index (Phi) is 9.42. The summed E-state index contributed by atoms with van der Waals surface area (Å²) in [5, 5.41) is 11.7. The van der Waals surface area contributed by atoms with Crippen molar-refractivity contribution in [3.63, 3.8) is 0 Å². The number of carbonyl (C=O) groups excluding carboxylic acids is 3. The zero-order valence-corrected chi connectivity index (χ0v) is 20.1. The van der Waals surface area contributed by atoms with Crippen molar-refractivity contribution in [2.75, 3.05) is 23.7 Å². The van der Waals surface area contributed by atoms with Crippen molar-refractivity contribution >= 4 is 29.1 Å². The number of carbonyl (C=O) groups is 3. The third kappa shape index (κ3) is 7.99. The molecule has 0 saturated carbocycles. The molecule has 3 amide bonds. The van der Waals surface area contributed by atoms with Crippen molar-refractivity contribution in [1.82, 2.24) is 10.6 Å². The highest BCUT2D eigenvalue weighted by Gasteiger charge is 2.12. The first-order valence-corrected chi connectivity index (χ1v) is 11.8. The lowest BCUT2D eigenvalue weighted by Gasteiger charge is -2.14. The molecule has 0 spiro atoms. The predicted molar refractivity (Wildman–Crippen MR) is 140 cm³/mol. The zero-order valence-electron chi connectivity index (χ0n) is 20.1. The molecule has 0 aliphatic rings. The molecular weight excluding hydrogens is 440 g/mol. The van der Waals surface area contributed by atoms with Crippen LogP contribution in [0.15, 0.2) is 78.9 Å². The lowest BCUT2D eigenvalue weighted by molar-refractivity contribution is -0.114. The van der Waals surface area contributed by atoms with E-state index >= 15 is 0 Å². The van der Waals surface area contributed by atoms with Gasteiger partial charge in [-0.3, -0.25) is 14.4 Å². The van der Waals surface area contributed by atoms with Gasteiger partial charge in [-0.1, -0.05) is 43.7 Å². The molecule has 0 saturated heterocycles. The third-order valence-corrected chi connectivity index (χ3v) is 5.49. The van der Waals surface area contributed by atoms with Crippen LogP contribution in [0.3, 0.4) is 0 Å². The molecule has 7 heteroatoms. The van der Waals surface area contributed by atoms with Gasteiger partial charge in [0.1, 0.15) is 0 Å². The Balaban J connectivity index is 1.44. The maximum absolute atomic E-state index is 12.5. The van der Waals surface area contributed by atoms with Crippen LogP contribution in [0.25, 0.3) is 0 Å². The fraction of sp³-hybridized carbons (Fsp3) is 0.250. The van der Waals surface area contributed by atoms with Crippen molar-refractivity contribution in [3.8, 4) is 0 Å². The van der Waals surface area contributed by atoms with Crippen molar-refractivity contribution in [3.05, 3.63) is 95.6 Å². The molecule has 3 aromatic carbocycles. The first kappa shape index (κ1) is 25.5. The average Bonchev–Trinajstić information content (AvgIpc) is 2.88. The van der Waals surface area contributed by atoms with Gasteiger partial charge in [-0.15, -0.1) is 0 Å². The molecule has 0 aliphatic carbocycles. The Morgan fingerprint density at radius 1 is 0.771 bits per heavy atom. The zero-order chi connectivity index (χ0) is 25.0. The molecule has 0 bridgehead atoms. The van der Waals surface area contributed by atoms with Gasteiger partial charge in [-0.05, 0) is 67.4 Å². The molecule has 3 rings (SSSR count). The van der Waals surface area contributed by atoms with Gasteiger partial charge in [-0.25, -0.2) is 0 Å². The fourth-order valence-electron chi connectivity index (χ4n) is 3.42. The van der Waals surface area contributed by atoms with Crippen LogP contribution in [0.2, 0.25) is 0 Å². The molecule has 0 radical (unpaired) electrons. The van der Waals surface area contributed by atoms with Crippen molar-refractivity contribution in [2.24, 2.45) is 0 Å². The number of unbranched alkanes of at least 4 members (excludes halogenated alkanes) is 1. The van der Waals surface area contributed by atoms with Crippen molar-refractivity contribution < 1.29 is 14.4 Å². The number of rotatable bonds is 11. The number of amides is 3. The van der Waals surface area contributed by atoms with E-state index in [1.165, 1.54) is 0 Å². The van der Waals surface area contributed by atoms with Crippen LogP contribution < -0.4 is 21.3 Å².